The SMILES string of the molecule is CC(C)CNC(=O)C(c1ccccc1)N(Cc1ccc(Cl)cc1)C(=O)CCc1ccc(S(=O)(=O)NC2CC2)cc1. The van der Waals surface area contributed by atoms with Crippen molar-refractivity contribution >= 4 is 33.4 Å². The van der Waals surface area contributed by atoms with Crippen LogP contribution >= 0.6 is 11.6 Å². The Bertz CT molecular complexity index is 1390. The van der Waals surface area contributed by atoms with E-state index < -0.39 is 16.1 Å². The first-order valence-corrected chi connectivity index (χ1v) is 15.5. The van der Waals surface area contributed by atoms with E-state index in [2.05, 4.69) is 10.0 Å². The van der Waals surface area contributed by atoms with Gasteiger partial charge in [-0.2, -0.15) is 0 Å². The van der Waals surface area contributed by atoms with Crippen LogP contribution in [0.25, 0.3) is 0 Å². The van der Waals surface area contributed by atoms with E-state index in [1.54, 1.807) is 41.3 Å². The lowest BCUT2D eigenvalue weighted by molar-refractivity contribution is -0.141. The highest BCUT2D eigenvalue weighted by Gasteiger charge is 2.31. The molecule has 0 saturated heterocycles. The number of carbonyl (C=O) groups is 2. The molecule has 1 aliphatic rings. The van der Waals surface area contributed by atoms with Gasteiger partial charge in [-0.25, -0.2) is 13.1 Å². The van der Waals surface area contributed by atoms with Gasteiger partial charge < -0.3 is 10.2 Å². The van der Waals surface area contributed by atoms with Crippen molar-refractivity contribution in [1.29, 1.82) is 0 Å². The normalized spacial score (nSPS) is 14.1. The number of sulfonamides is 1. The zero-order valence-corrected chi connectivity index (χ0v) is 24.4. The van der Waals surface area contributed by atoms with E-state index in [9.17, 15) is 18.0 Å². The molecule has 1 saturated carbocycles. The Hall–Kier alpha value is -3.20. The Kier molecular flexibility index (Phi) is 10.0. The molecule has 1 aliphatic carbocycles. The van der Waals surface area contributed by atoms with Crippen LogP contribution in [0.5, 0.6) is 0 Å². The van der Waals surface area contributed by atoms with Gasteiger partial charge in [0.05, 0.1) is 4.90 Å². The number of amides is 2. The molecule has 0 spiro atoms. The highest BCUT2D eigenvalue weighted by Crippen LogP contribution is 2.26. The number of nitrogens with one attached hydrogen (secondary N) is 2. The number of halogens is 1. The predicted molar refractivity (Wildman–Crippen MR) is 157 cm³/mol. The molecule has 0 bridgehead atoms. The number of nitrogens with zero attached hydrogens (tertiary/aromatic N) is 1. The second-order valence-electron chi connectivity index (χ2n) is 10.6. The summed E-state index contributed by atoms with van der Waals surface area (Å²) in [4.78, 5) is 29.2. The summed E-state index contributed by atoms with van der Waals surface area (Å²) in [6.07, 6.45) is 2.29. The second-order valence-corrected chi connectivity index (χ2v) is 12.8. The molecule has 1 atom stereocenters. The zero-order chi connectivity index (χ0) is 28.7. The van der Waals surface area contributed by atoms with Gasteiger partial charge in [-0.1, -0.05) is 80.0 Å². The number of rotatable bonds is 13. The minimum absolute atomic E-state index is 0.0317. The fourth-order valence-electron chi connectivity index (χ4n) is 4.34. The lowest BCUT2D eigenvalue weighted by Crippen LogP contribution is -2.44. The molecule has 0 aliphatic heterocycles. The molecule has 1 fully saturated rings. The molecule has 3 aromatic carbocycles. The van der Waals surface area contributed by atoms with Crippen LogP contribution in [0, 0.1) is 5.92 Å². The van der Waals surface area contributed by atoms with Gasteiger partial charge in [-0.15, -0.1) is 0 Å². The second kappa shape index (κ2) is 13.4. The molecule has 40 heavy (non-hydrogen) atoms. The van der Waals surface area contributed by atoms with Crippen molar-refractivity contribution in [2.45, 2.75) is 63.1 Å². The molecule has 7 nitrogen and oxygen atoms in total. The maximum absolute atomic E-state index is 13.8. The summed E-state index contributed by atoms with van der Waals surface area (Å²) in [5, 5.41) is 3.60. The lowest BCUT2D eigenvalue weighted by atomic mass is 10.0. The third-order valence-corrected chi connectivity index (χ3v) is 8.50. The van der Waals surface area contributed by atoms with Crippen molar-refractivity contribution in [1.82, 2.24) is 14.9 Å². The first-order valence-electron chi connectivity index (χ1n) is 13.6. The zero-order valence-electron chi connectivity index (χ0n) is 22.8. The van der Waals surface area contributed by atoms with Crippen LogP contribution in [0.1, 0.15) is 55.8 Å². The molecule has 0 heterocycles. The van der Waals surface area contributed by atoms with Crippen molar-refractivity contribution in [3.05, 3.63) is 101 Å². The number of aryl methyl sites for hydroxylation is 1. The van der Waals surface area contributed by atoms with E-state index >= 15 is 0 Å². The standard InChI is InChI=1S/C31H36ClN3O4S/c1-22(2)20-33-31(37)30(25-6-4-3-5-7-25)35(21-24-8-13-26(32)14-9-24)29(36)19-12-23-10-17-28(18-11-23)40(38,39)34-27-15-16-27/h3-11,13-14,17-18,22,27,30,34H,12,15-16,19-21H2,1-2H3,(H,33,37). The van der Waals surface area contributed by atoms with E-state index in [0.717, 1.165) is 29.5 Å². The van der Waals surface area contributed by atoms with Crippen LogP contribution in [0.4, 0.5) is 0 Å². The van der Waals surface area contributed by atoms with E-state index in [4.69, 9.17) is 11.6 Å². The summed E-state index contributed by atoms with van der Waals surface area (Å²) in [5.74, 6) is -0.164. The first-order chi connectivity index (χ1) is 19.1. The van der Waals surface area contributed by atoms with Crippen LogP contribution in [0.2, 0.25) is 5.02 Å². The Balaban J connectivity index is 1.55. The number of carbonyl (C=O) groups excluding carboxylic acids is 2. The van der Waals surface area contributed by atoms with Crippen molar-refractivity contribution in [3.63, 3.8) is 0 Å². The summed E-state index contributed by atoms with van der Waals surface area (Å²) >= 11 is 6.09. The Morgan fingerprint density at radius 1 is 0.925 bits per heavy atom. The van der Waals surface area contributed by atoms with Crippen molar-refractivity contribution in [3.8, 4) is 0 Å². The number of hydrogen-bond acceptors (Lipinski definition) is 4. The summed E-state index contributed by atoms with van der Waals surface area (Å²) in [7, 11) is -3.54. The molecule has 0 aromatic heterocycles. The molecule has 9 heteroatoms. The topological polar surface area (TPSA) is 95.6 Å². The fraction of sp³-hybridized carbons (Fsp3) is 0.355. The lowest BCUT2D eigenvalue weighted by Gasteiger charge is -2.32. The van der Waals surface area contributed by atoms with Gasteiger partial charge in [0, 0.05) is 30.6 Å². The van der Waals surface area contributed by atoms with Gasteiger partial charge in [-0.05, 0) is 66.1 Å². The van der Waals surface area contributed by atoms with Crippen LogP contribution in [0.15, 0.2) is 83.8 Å². The molecule has 3 aromatic rings. The minimum Gasteiger partial charge on any atom is -0.354 e. The van der Waals surface area contributed by atoms with Gasteiger partial charge >= 0.3 is 0 Å². The maximum Gasteiger partial charge on any atom is 0.247 e. The number of hydrogen-bond donors (Lipinski definition) is 2. The molecule has 4 rings (SSSR count). The van der Waals surface area contributed by atoms with E-state index in [1.807, 2.05) is 56.3 Å². The average Bonchev–Trinajstić information content (AvgIpc) is 3.75. The first kappa shape index (κ1) is 29.8. The summed E-state index contributed by atoms with van der Waals surface area (Å²) in [5.41, 5.74) is 2.42. The Labute approximate surface area is 242 Å². The highest BCUT2D eigenvalue weighted by atomic mass is 35.5. The Morgan fingerprint density at radius 3 is 2.15 bits per heavy atom. The smallest absolute Gasteiger partial charge is 0.247 e. The van der Waals surface area contributed by atoms with E-state index in [1.165, 1.54) is 0 Å². The highest BCUT2D eigenvalue weighted by molar-refractivity contribution is 7.89. The monoisotopic (exact) mass is 581 g/mol. The van der Waals surface area contributed by atoms with Gasteiger partial charge in [0.25, 0.3) is 0 Å². The molecule has 212 valence electrons. The van der Waals surface area contributed by atoms with Crippen LogP contribution in [-0.4, -0.2) is 37.7 Å². The molecule has 2 N–H and O–H groups in total. The molecule has 2 amide bonds. The largest absolute Gasteiger partial charge is 0.354 e. The Morgan fingerprint density at radius 2 is 1.55 bits per heavy atom. The molecular weight excluding hydrogens is 546 g/mol. The van der Waals surface area contributed by atoms with Crippen LogP contribution in [0.3, 0.4) is 0 Å². The van der Waals surface area contributed by atoms with Gasteiger partial charge in [0.2, 0.25) is 21.8 Å². The third kappa shape index (κ3) is 8.40. The average molecular weight is 582 g/mol. The molecule has 0 radical (unpaired) electrons. The predicted octanol–water partition coefficient (Wildman–Crippen LogP) is 5.26. The molecular formula is C31H36ClN3O4S. The summed E-state index contributed by atoms with van der Waals surface area (Å²) < 4.78 is 27.7. The van der Waals surface area contributed by atoms with Crippen molar-refractivity contribution < 1.29 is 18.0 Å². The third-order valence-electron chi connectivity index (χ3n) is 6.71. The van der Waals surface area contributed by atoms with Gasteiger partial charge in [0.1, 0.15) is 6.04 Å². The fourth-order valence-corrected chi connectivity index (χ4v) is 5.77. The van der Waals surface area contributed by atoms with Crippen molar-refractivity contribution in [2.75, 3.05) is 6.54 Å². The van der Waals surface area contributed by atoms with Crippen LogP contribution in [-0.2, 0) is 32.6 Å². The number of benzene rings is 3. The van der Waals surface area contributed by atoms with Crippen molar-refractivity contribution in [2.24, 2.45) is 5.92 Å². The summed E-state index contributed by atoms with van der Waals surface area (Å²) in [6, 6.07) is 22.4. The van der Waals surface area contributed by atoms with E-state index in [-0.39, 0.29) is 41.6 Å². The maximum atomic E-state index is 13.8. The molecule has 1 unspecified atom stereocenters. The van der Waals surface area contributed by atoms with E-state index in [0.29, 0.717) is 18.0 Å². The van der Waals surface area contributed by atoms with Gasteiger partial charge in [0.15, 0.2) is 0 Å². The van der Waals surface area contributed by atoms with Crippen LogP contribution < -0.4 is 10.0 Å². The van der Waals surface area contributed by atoms with Gasteiger partial charge in [-0.3, -0.25) is 9.59 Å². The minimum atomic E-state index is -3.54. The quantitative estimate of drug-likeness (QED) is 0.288. The summed E-state index contributed by atoms with van der Waals surface area (Å²) in [6.45, 7) is 4.77.